The molecule has 0 radical (unpaired) electrons. The molecule has 124 valence electrons. The van der Waals surface area contributed by atoms with Gasteiger partial charge in [0.2, 0.25) is 21.7 Å². The molecule has 1 fully saturated rings. The van der Waals surface area contributed by atoms with Gasteiger partial charge in [-0.25, -0.2) is 8.42 Å². The second-order valence-electron chi connectivity index (χ2n) is 5.41. The number of furan rings is 1. The lowest BCUT2D eigenvalue weighted by Crippen LogP contribution is -2.48. The fraction of sp³-hybridized carbons (Fsp3) is 0.200. The van der Waals surface area contributed by atoms with E-state index in [0.29, 0.717) is 30.6 Å². The van der Waals surface area contributed by atoms with Crippen molar-refractivity contribution in [2.45, 2.75) is 10.8 Å². The average molecular weight is 410 g/mol. The Bertz CT molecular complexity index is 945. The van der Waals surface area contributed by atoms with E-state index >= 15 is 0 Å². The molecule has 3 aromatic rings. The zero-order valence-electron chi connectivity index (χ0n) is 12.3. The van der Waals surface area contributed by atoms with Gasteiger partial charge in [0.1, 0.15) is 0 Å². The molecule has 9 heteroatoms. The van der Waals surface area contributed by atoms with Crippen LogP contribution in [-0.2, 0) is 10.0 Å². The van der Waals surface area contributed by atoms with Crippen molar-refractivity contribution in [3.05, 3.63) is 53.0 Å². The minimum absolute atomic E-state index is 0.105. The van der Waals surface area contributed by atoms with Crippen LogP contribution in [0, 0.1) is 0 Å². The summed E-state index contributed by atoms with van der Waals surface area (Å²) >= 11 is 3.30. The van der Waals surface area contributed by atoms with Crippen LogP contribution in [0.4, 0.5) is 0 Å². The maximum absolute atomic E-state index is 12.5. The van der Waals surface area contributed by atoms with Crippen LogP contribution in [0.2, 0.25) is 0 Å². The molecule has 0 spiro atoms. The zero-order chi connectivity index (χ0) is 16.7. The molecule has 1 aromatic carbocycles. The summed E-state index contributed by atoms with van der Waals surface area (Å²) in [5.41, 5.74) is 0. The maximum Gasteiger partial charge on any atom is 0.243 e. The summed E-state index contributed by atoms with van der Waals surface area (Å²) in [5, 5.41) is 3.86. The van der Waals surface area contributed by atoms with Crippen LogP contribution < -0.4 is 0 Å². The number of benzene rings is 1. The molecule has 3 heterocycles. The van der Waals surface area contributed by atoms with Gasteiger partial charge in [-0.05, 0) is 36.4 Å². The van der Waals surface area contributed by atoms with Gasteiger partial charge in [0, 0.05) is 17.6 Å². The van der Waals surface area contributed by atoms with E-state index in [1.54, 1.807) is 36.4 Å². The number of rotatable bonds is 4. The van der Waals surface area contributed by atoms with Crippen molar-refractivity contribution in [1.29, 1.82) is 0 Å². The van der Waals surface area contributed by atoms with Gasteiger partial charge in [-0.3, -0.25) is 0 Å². The predicted molar refractivity (Wildman–Crippen MR) is 87.6 cm³/mol. The smallest absolute Gasteiger partial charge is 0.243 e. The largest absolute Gasteiger partial charge is 0.461 e. The van der Waals surface area contributed by atoms with Gasteiger partial charge >= 0.3 is 0 Å². The molecule has 7 nitrogen and oxygen atoms in total. The van der Waals surface area contributed by atoms with Gasteiger partial charge < -0.3 is 8.94 Å². The summed E-state index contributed by atoms with van der Waals surface area (Å²) in [6, 6.07) is 10.0. The van der Waals surface area contributed by atoms with Gasteiger partial charge in [0.25, 0.3) is 0 Å². The van der Waals surface area contributed by atoms with Gasteiger partial charge in [0.15, 0.2) is 5.76 Å². The van der Waals surface area contributed by atoms with Crippen molar-refractivity contribution < 1.29 is 17.4 Å². The van der Waals surface area contributed by atoms with Crippen LogP contribution in [0.15, 0.2) is 61.0 Å². The predicted octanol–water partition coefficient (Wildman–Crippen LogP) is 2.88. The van der Waals surface area contributed by atoms with Crippen molar-refractivity contribution in [3.63, 3.8) is 0 Å². The third-order valence-electron chi connectivity index (χ3n) is 3.83. The summed E-state index contributed by atoms with van der Waals surface area (Å²) < 4.78 is 37.7. The topological polar surface area (TPSA) is 89.4 Å². The molecular weight excluding hydrogens is 398 g/mol. The van der Waals surface area contributed by atoms with E-state index < -0.39 is 10.0 Å². The third kappa shape index (κ3) is 2.68. The number of hydrogen-bond donors (Lipinski definition) is 0. The number of hydrogen-bond acceptors (Lipinski definition) is 6. The van der Waals surface area contributed by atoms with Gasteiger partial charge in [0.05, 0.1) is 17.1 Å². The van der Waals surface area contributed by atoms with E-state index in [4.69, 9.17) is 8.94 Å². The molecular formula is C15H12BrN3O4S. The van der Waals surface area contributed by atoms with Crippen LogP contribution in [-0.4, -0.2) is 36.0 Å². The number of nitrogens with zero attached hydrogens (tertiary/aromatic N) is 3. The van der Waals surface area contributed by atoms with E-state index in [0.717, 1.165) is 4.47 Å². The van der Waals surface area contributed by atoms with E-state index in [2.05, 4.69) is 26.1 Å². The number of sulfonamides is 1. The zero-order valence-corrected chi connectivity index (χ0v) is 14.7. The Kier molecular flexibility index (Phi) is 3.78. The first-order valence-corrected chi connectivity index (χ1v) is 9.40. The SMILES string of the molecule is O=S(=O)(c1ccc(Br)cc1)N1CC(c2nc(-c3ccco3)no2)C1. The Labute approximate surface area is 146 Å². The molecule has 1 aliphatic rings. The van der Waals surface area contributed by atoms with E-state index in [1.807, 2.05) is 0 Å². The van der Waals surface area contributed by atoms with E-state index in [-0.39, 0.29) is 10.8 Å². The maximum atomic E-state index is 12.5. The van der Waals surface area contributed by atoms with Crippen molar-refractivity contribution in [3.8, 4) is 11.6 Å². The summed E-state index contributed by atoms with van der Waals surface area (Å²) in [6.45, 7) is 0.635. The summed E-state index contributed by atoms with van der Waals surface area (Å²) in [7, 11) is -3.49. The standard InChI is InChI=1S/C15H12BrN3O4S/c16-11-3-5-12(6-4-11)24(20,21)19-8-10(9-19)15-17-14(18-23-15)13-2-1-7-22-13/h1-7,10H,8-9H2. The molecule has 0 bridgehead atoms. The molecule has 24 heavy (non-hydrogen) atoms. The molecule has 4 rings (SSSR count). The molecule has 1 saturated heterocycles. The third-order valence-corrected chi connectivity index (χ3v) is 6.21. The first-order valence-electron chi connectivity index (χ1n) is 7.17. The molecule has 0 aliphatic carbocycles. The molecule has 0 saturated carbocycles. The second-order valence-corrected chi connectivity index (χ2v) is 8.26. The van der Waals surface area contributed by atoms with Gasteiger partial charge in [-0.15, -0.1) is 0 Å². The van der Waals surface area contributed by atoms with Crippen molar-refractivity contribution >= 4 is 26.0 Å². The van der Waals surface area contributed by atoms with Crippen molar-refractivity contribution in [2.75, 3.05) is 13.1 Å². The Balaban J connectivity index is 1.47. The average Bonchev–Trinajstić information content (AvgIpc) is 3.16. The molecule has 0 N–H and O–H groups in total. The van der Waals surface area contributed by atoms with Gasteiger partial charge in [-0.1, -0.05) is 21.1 Å². The second kappa shape index (κ2) is 5.83. The summed E-state index contributed by atoms with van der Waals surface area (Å²) in [4.78, 5) is 4.55. The number of aromatic nitrogens is 2. The van der Waals surface area contributed by atoms with Crippen LogP contribution in [0.5, 0.6) is 0 Å². The first kappa shape index (κ1) is 15.6. The molecule has 0 atom stereocenters. The highest BCUT2D eigenvalue weighted by molar-refractivity contribution is 9.10. The molecule has 1 aliphatic heterocycles. The highest BCUT2D eigenvalue weighted by Crippen LogP contribution is 2.32. The molecule has 2 aromatic heterocycles. The van der Waals surface area contributed by atoms with Crippen LogP contribution in [0.25, 0.3) is 11.6 Å². The molecule has 0 amide bonds. The van der Waals surface area contributed by atoms with Crippen molar-refractivity contribution in [2.24, 2.45) is 0 Å². The van der Waals surface area contributed by atoms with E-state index in [9.17, 15) is 8.42 Å². The normalized spacial score (nSPS) is 16.2. The summed E-state index contributed by atoms with van der Waals surface area (Å²) in [5.74, 6) is 1.20. The fourth-order valence-corrected chi connectivity index (χ4v) is 4.25. The van der Waals surface area contributed by atoms with E-state index in [1.165, 1.54) is 10.6 Å². The lowest BCUT2D eigenvalue weighted by Gasteiger charge is -2.35. The Morgan fingerprint density at radius 2 is 1.92 bits per heavy atom. The van der Waals surface area contributed by atoms with Crippen molar-refractivity contribution in [1.82, 2.24) is 14.4 Å². The summed E-state index contributed by atoms with van der Waals surface area (Å²) in [6.07, 6.45) is 1.53. The first-order chi connectivity index (χ1) is 11.5. The molecule has 0 unspecified atom stereocenters. The highest BCUT2D eigenvalue weighted by atomic mass is 79.9. The van der Waals surface area contributed by atoms with Crippen LogP contribution in [0.1, 0.15) is 11.8 Å². The lowest BCUT2D eigenvalue weighted by atomic mass is 10.0. The Morgan fingerprint density at radius 3 is 2.58 bits per heavy atom. The van der Waals surface area contributed by atoms with Gasteiger partial charge in [-0.2, -0.15) is 9.29 Å². The fourth-order valence-electron chi connectivity index (χ4n) is 2.45. The minimum atomic E-state index is -3.49. The lowest BCUT2D eigenvalue weighted by molar-refractivity contribution is 0.217. The number of halogens is 1. The van der Waals surface area contributed by atoms with Crippen LogP contribution >= 0.6 is 15.9 Å². The quantitative estimate of drug-likeness (QED) is 0.657. The Morgan fingerprint density at radius 1 is 1.17 bits per heavy atom. The Hall–Kier alpha value is -1.97. The van der Waals surface area contributed by atoms with Crippen LogP contribution in [0.3, 0.4) is 0 Å². The monoisotopic (exact) mass is 409 g/mol. The highest BCUT2D eigenvalue weighted by Gasteiger charge is 2.40. The minimum Gasteiger partial charge on any atom is -0.461 e.